The van der Waals surface area contributed by atoms with E-state index in [1.807, 2.05) is 0 Å². The summed E-state index contributed by atoms with van der Waals surface area (Å²) in [6.07, 6.45) is 0. The first-order valence-corrected chi connectivity index (χ1v) is 6.16. The first-order chi connectivity index (χ1) is 7.69. The van der Waals surface area contributed by atoms with Crippen molar-refractivity contribution < 1.29 is 4.79 Å². The minimum Gasteiger partial charge on any atom is -0.399 e. The molecule has 0 radical (unpaired) electrons. The van der Waals surface area contributed by atoms with Gasteiger partial charge in [-0.1, -0.05) is 39.3 Å². The number of Topliss-reactive ketones (excluding diaryl/α,β-unsaturated/α-hetero) is 1. The molecular formula is C14H18ClNO. The third-order valence-electron chi connectivity index (χ3n) is 4.54. The average Bonchev–Trinajstić information content (AvgIpc) is 2.56. The highest BCUT2D eigenvalue weighted by molar-refractivity contribution is 6.34. The Bertz CT molecular complexity index is 477. The predicted molar refractivity (Wildman–Crippen MR) is 71.2 cm³/mol. The monoisotopic (exact) mass is 251 g/mol. The number of hydrogen-bond acceptors (Lipinski definition) is 2. The van der Waals surface area contributed by atoms with Crippen LogP contribution in [0.4, 0.5) is 5.69 Å². The standard InChI is InChI=1S/C14H18ClNO/c1-13(2)12(14(13,3)4)11(17)9-6-5-8(16)7-10(9)15/h5-7,12H,16H2,1-4H3. The molecule has 2 rings (SSSR count). The van der Waals surface area contributed by atoms with Crippen LogP contribution in [-0.2, 0) is 0 Å². The van der Waals surface area contributed by atoms with Gasteiger partial charge >= 0.3 is 0 Å². The Morgan fingerprint density at radius 2 is 1.76 bits per heavy atom. The molecule has 0 unspecified atom stereocenters. The Morgan fingerprint density at radius 1 is 1.24 bits per heavy atom. The average molecular weight is 252 g/mol. The number of nitrogen functional groups attached to an aromatic ring is 1. The van der Waals surface area contributed by atoms with E-state index in [0.29, 0.717) is 16.3 Å². The van der Waals surface area contributed by atoms with Gasteiger partial charge < -0.3 is 5.73 Å². The summed E-state index contributed by atoms with van der Waals surface area (Å²) in [6, 6.07) is 5.09. The Kier molecular flexibility index (Phi) is 2.55. The topological polar surface area (TPSA) is 43.1 Å². The smallest absolute Gasteiger partial charge is 0.168 e. The summed E-state index contributed by atoms with van der Waals surface area (Å²) in [4.78, 5) is 12.4. The number of anilines is 1. The van der Waals surface area contributed by atoms with Crippen LogP contribution in [0.15, 0.2) is 18.2 Å². The summed E-state index contributed by atoms with van der Waals surface area (Å²) in [6.45, 7) is 8.50. The lowest BCUT2D eigenvalue weighted by atomic mass is 10.0. The molecule has 0 saturated heterocycles. The van der Waals surface area contributed by atoms with Crippen molar-refractivity contribution in [2.75, 3.05) is 5.73 Å². The van der Waals surface area contributed by atoms with Gasteiger partial charge in [-0.05, 0) is 29.0 Å². The molecule has 0 atom stereocenters. The van der Waals surface area contributed by atoms with E-state index >= 15 is 0 Å². The van der Waals surface area contributed by atoms with E-state index in [9.17, 15) is 4.79 Å². The Balaban J connectivity index is 2.35. The third kappa shape index (κ3) is 1.66. The highest BCUT2D eigenvalue weighted by Gasteiger charge is 2.67. The first-order valence-electron chi connectivity index (χ1n) is 5.79. The third-order valence-corrected chi connectivity index (χ3v) is 4.85. The molecule has 0 aliphatic heterocycles. The SMILES string of the molecule is CC1(C)C(C(=O)c2ccc(N)cc2Cl)C1(C)C. The molecule has 0 amide bonds. The molecule has 2 N–H and O–H groups in total. The van der Waals surface area contributed by atoms with E-state index in [2.05, 4.69) is 27.7 Å². The minimum absolute atomic E-state index is 0.0365. The molecule has 3 heteroatoms. The molecule has 0 spiro atoms. The quantitative estimate of drug-likeness (QED) is 0.642. The van der Waals surface area contributed by atoms with Gasteiger partial charge in [0.1, 0.15) is 0 Å². The normalized spacial score (nSPS) is 21.2. The van der Waals surface area contributed by atoms with Gasteiger partial charge in [-0.3, -0.25) is 4.79 Å². The summed E-state index contributed by atoms with van der Waals surface area (Å²) in [7, 11) is 0. The maximum absolute atomic E-state index is 12.4. The second-order valence-electron chi connectivity index (χ2n) is 5.98. The fraction of sp³-hybridized carbons (Fsp3) is 0.500. The van der Waals surface area contributed by atoms with Gasteiger partial charge in [0.15, 0.2) is 5.78 Å². The molecule has 0 bridgehead atoms. The van der Waals surface area contributed by atoms with E-state index in [4.69, 9.17) is 17.3 Å². The highest BCUT2D eigenvalue weighted by Crippen LogP contribution is 2.69. The molecule has 2 nitrogen and oxygen atoms in total. The Hall–Kier alpha value is -1.02. The molecule has 17 heavy (non-hydrogen) atoms. The summed E-state index contributed by atoms with van der Waals surface area (Å²) in [5.74, 6) is 0.168. The van der Waals surface area contributed by atoms with Gasteiger partial charge in [0.25, 0.3) is 0 Å². The second kappa shape index (κ2) is 3.49. The molecule has 1 aliphatic carbocycles. The van der Waals surface area contributed by atoms with Crippen LogP contribution < -0.4 is 5.73 Å². The van der Waals surface area contributed by atoms with Crippen molar-refractivity contribution in [2.45, 2.75) is 27.7 Å². The number of rotatable bonds is 2. The van der Waals surface area contributed by atoms with Gasteiger partial charge in [-0.25, -0.2) is 0 Å². The maximum atomic E-state index is 12.4. The van der Waals surface area contributed by atoms with Crippen LogP contribution >= 0.6 is 11.6 Å². The van der Waals surface area contributed by atoms with Crippen LogP contribution in [0.5, 0.6) is 0 Å². The van der Waals surface area contributed by atoms with Gasteiger partial charge in [0, 0.05) is 17.2 Å². The van der Waals surface area contributed by atoms with Crippen molar-refractivity contribution >= 4 is 23.1 Å². The number of carbonyl (C=O) groups excluding carboxylic acids is 1. The number of benzene rings is 1. The predicted octanol–water partition coefficient (Wildman–Crippen LogP) is 3.79. The maximum Gasteiger partial charge on any atom is 0.168 e. The van der Waals surface area contributed by atoms with Crippen LogP contribution in [0.3, 0.4) is 0 Å². The van der Waals surface area contributed by atoms with Crippen molar-refractivity contribution in [1.82, 2.24) is 0 Å². The first kappa shape index (κ1) is 12.4. The van der Waals surface area contributed by atoms with Gasteiger partial charge in [-0.2, -0.15) is 0 Å². The van der Waals surface area contributed by atoms with Crippen molar-refractivity contribution in [1.29, 1.82) is 0 Å². The van der Waals surface area contributed by atoms with E-state index in [1.165, 1.54) is 0 Å². The number of hydrogen-bond donors (Lipinski definition) is 1. The largest absolute Gasteiger partial charge is 0.399 e. The van der Waals surface area contributed by atoms with Crippen LogP contribution in [-0.4, -0.2) is 5.78 Å². The van der Waals surface area contributed by atoms with Gasteiger partial charge in [0.05, 0.1) is 5.02 Å². The van der Waals surface area contributed by atoms with E-state index in [-0.39, 0.29) is 22.5 Å². The van der Waals surface area contributed by atoms with Crippen LogP contribution in [0, 0.1) is 16.7 Å². The van der Waals surface area contributed by atoms with E-state index in [1.54, 1.807) is 18.2 Å². The molecular weight excluding hydrogens is 234 g/mol. The summed E-state index contributed by atoms with van der Waals surface area (Å²) in [5.41, 5.74) is 6.87. The molecule has 0 aromatic heterocycles. The number of ketones is 1. The fourth-order valence-corrected chi connectivity index (χ4v) is 3.02. The van der Waals surface area contributed by atoms with Crippen LogP contribution in [0.25, 0.3) is 0 Å². The second-order valence-corrected chi connectivity index (χ2v) is 6.39. The van der Waals surface area contributed by atoms with E-state index in [0.717, 1.165) is 0 Å². The van der Waals surface area contributed by atoms with Gasteiger partial charge in [-0.15, -0.1) is 0 Å². The summed E-state index contributed by atoms with van der Waals surface area (Å²) >= 11 is 6.08. The zero-order valence-corrected chi connectivity index (χ0v) is 11.4. The minimum atomic E-state index is 0.0365. The lowest BCUT2D eigenvalue weighted by molar-refractivity contribution is 0.0945. The molecule has 1 saturated carbocycles. The van der Waals surface area contributed by atoms with Gasteiger partial charge in [0.2, 0.25) is 0 Å². The summed E-state index contributed by atoms with van der Waals surface area (Å²) in [5, 5.41) is 0.452. The molecule has 0 heterocycles. The Labute approximate surface area is 107 Å². The zero-order chi connectivity index (χ0) is 13.0. The van der Waals surface area contributed by atoms with E-state index < -0.39 is 0 Å². The summed E-state index contributed by atoms with van der Waals surface area (Å²) < 4.78 is 0. The number of halogens is 1. The lowest BCUT2D eigenvalue weighted by Gasteiger charge is -2.05. The number of nitrogens with two attached hydrogens (primary N) is 1. The fourth-order valence-electron chi connectivity index (χ4n) is 2.74. The van der Waals surface area contributed by atoms with Crippen molar-refractivity contribution in [3.63, 3.8) is 0 Å². The number of carbonyl (C=O) groups is 1. The lowest BCUT2D eigenvalue weighted by Crippen LogP contribution is -2.08. The van der Waals surface area contributed by atoms with Crippen molar-refractivity contribution in [3.8, 4) is 0 Å². The molecule has 1 fully saturated rings. The molecule has 92 valence electrons. The van der Waals surface area contributed by atoms with Crippen LogP contribution in [0.1, 0.15) is 38.1 Å². The van der Waals surface area contributed by atoms with Crippen LogP contribution in [0.2, 0.25) is 5.02 Å². The van der Waals surface area contributed by atoms with Crippen molar-refractivity contribution in [3.05, 3.63) is 28.8 Å². The molecule has 1 aromatic carbocycles. The molecule has 1 aromatic rings. The zero-order valence-electron chi connectivity index (χ0n) is 10.7. The Morgan fingerprint density at radius 3 is 2.18 bits per heavy atom. The highest BCUT2D eigenvalue weighted by atomic mass is 35.5. The molecule has 1 aliphatic rings. The van der Waals surface area contributed by atoms with Crippen molar-refractivity contribution in [2.24, 2.45) is 16.7 Å².